The van der Waals surface area contributed by atoms with Gasteiger partial charge in [-0.3, -0.25) is 0 Å². The van der Waals surface area contributed by atoms with Gasteiger partial charge < -0.3 is 10.1 Å². The lowest BCUT2D eigenvalue weighted by Crippen LogP contribution is -2.07. The fourth-order valence-electron chi connectivity index (χ4n) is 1.08. The maximum atomic E-state index is 12.8. The lowest BCUT2D eigenvalue weighted by Gasteiger charge is -2.02. The maximum absolute atomic E-state index is 12.8. The molecule has 5 heteroatoms. The lowest BCUT2D eigenvalue weighted by atomic mass is 10.3. The number of ether oxygens (including phenoxy) is 1. The van der Waals surface area contributed by atoms with Gasteiger partial charge in [0.2, 0.25) is 0 Å². The summed E-state index contributed by atoms with van der Waals surface area (Å²) in [6.45, 7) is 1.84. The molecule has 0 aliphatic heterocycles. The summed E-state index contributed by atoms with van der Waals surface area (Å²) in [6.07, 6.45) is 1.19. The highest BCUT2D eigenvalue weighted by atomic mass is 19.1. The molecule has 88 valence electrons. The van der Waals surface area contributed by atoms with Crippen molar-refractivity contribution >= 4 is 11.7 Å². The number of rotatable bonds is 4. The molecule has 0 radical (unpaired) electrons. The van der Waals surface area contributed by atoms with Crippen molar-refractivity contribution in [2.75, 3.05) is 11.9 Å². The SMILES string of the molecule is CCOC(=O)/C(C#N)=C/Nc1cccc(F)c1. The smallest absolute Gasteiger partial charge is 0.350 e. The van der Waals surface area contributed by atoms with Crippen LogP contribution in [0.5, 0.6) is 0 Å². The highest BCUT2D eigenvalue weighted by Gasteiger charge is 2.08. The van der Waals surface area contributed by atoms with Crippen molar-refractivity contribution in [3.05, 3.63) is 41.9 Å². The van der Waals surface area contributed by atoms with Crippen LogP contribution in [0.1, 0.15) is 6.92 Å². The molecule has 0 aliphatic rings. The zero-order chi connectivity index (χ0) is 12.7. The van der Waals surface area contributed by atoms with E-state index in [4.69, 9.17) is 5.26 Å². The normalized spacial score (nSPS) is 10.5. The number of hydrogen-bond donors (Lipinski definition) is 1. The Morgan fingerprint density at radius 1 is 1.65 bits per heavy atom. The van der Waals surface area contributed by atoms with E-state index >= 15 is 0 Å². The molecule has 0 spiro atoms. The number of carbonyl (C=O) groups excluding carboxylic acids is 1. The average molecular weight is 234 g/mol. The van der Waals surface area contributed by atoms with Crippen molar-refractivity contribution < 1.29 is 13.9 Å². The van der Waals surface area contributed by atoms with Gasteiger partial charge >= 0.3 is 5.97 Å². The highest BCUT2D eigenvalue weighted by molar-refractivity contribution is 5.93. The van der Waals surface area contributed by atoms with Gasteiger partial charge in [-0.1, -0.05) is 6.07 Å². The predicted octanol–water partition coefficient (Wildman–Crippen LogP) is 2.21. The van der Waals surface area contributed by atoms with E-state index in [9.17, 15) is 9.18 Å². The molecule has 0 fully saturated rings. The number of anilines is 1. The minimum Gasteiger partial charge on any atom is -0.462 e. The predicted molar refractivity (Wildman–Crippen MR) is 60.4 cm³/mol. The van der Waals surface area contributed by atoms with E-state index in [2.05, 4.69) is 10.1 Å². The minimum absolute atomic E-state index is 0.170. The molecule has 1 N–H and O–H groups in total. The summed E-state index contributed by atoms with van der Waals surface area (Å²) in [6, 6.07) is 7.37. The molecule has 0 atom stereocenters. The van der Waals surface area contributed by atoms with Gasteiger partial charge in [-0.05, 0) is 25.1 Å². The van der Waals surface area contributed by atoms with E-state index in [0.717, 1.165) is 0 Å². The van der Waals surface area contributed by atoms with Crippen LogP contribution in [0.3, 0.4) is 0 Å². The quantitative estimate of drug-likeness (QED) is 0.493. The molecule has 0 amide bonds. The summed E-state index contributed by atoms with van der Waals surface area (Å²) in [5.74, 6) is -1.11. The molecular formula is C12H11FN2O2. The molecule has 0 saturated heterocycles. The first-order chi connectivity index (χ1) is 8.17. The molecule has 0 bridgehead atoms. The van der Waals surface area contributed by atoms with Gasteiger partial charge in [0.15, 0.2) is 5.57 Å². The number of nitriles is 1. The third kappa shape index (κ3) is 3.95. The van der Waals surface area contributed by atoms with E-state index < -0.39 is 11.8 Å². The third-order valence-corrected chi connectivity index (χ3v) is 1.82. The monoisotopic (exact) mass is 234 g/mol. The fraction of sp³-hybridized carbons (Fsp3) is 0.167. The summed E-state index contributed by atoms with van der Waals surface area (Å²) in [5, 5.41) is 11.4. The van der Waals surface area contributed by atoms with Crippen molar-refractivity contribution in [1.29, 1.82) is 5.26 Å². The Morgan fingerprint density at radius 2 is 2.41 bits per heavy atom. The highest BCUT2D eigenvalue weighted by Crippen LogP contribution is 2.09. The Balaban J connectivity index is 2.75. The number of halogens is 1. The molecule has 0 heterocycles. The summed E-state index contributed by atoms with van der Waals surface area (Å²) in [5.41, 5.74) is 0.276. The largest absolute Gasteiger partial charge is 0.462 e. The Morgan fingerprint density at radius 3 is 3.00 bits per heavy atom. The first-order valence-corrected chi connectivity index (χ1v) is 4.97. The fourth-order valence-corrected chi connectivity index (χ4v) is 1.08. The summed E-state index contributed by atoms with van der Waals surface area (Å²) in [7, 11) is 0. The van der Waals surface area contributed by atoms with Gasteiger partial charge in [-0.25, -0.2) is 9.18 Å². The van der Waals surface area contributed by atoms with Crippen molar-refractivity contribution in [3.63, 3.8) is 0 Å². The zero-order valence-electron chi connectivity index (χ0n) is 9.24. The van der Waals surface area contributed by atoms with Gasteiger partial charge in [-0.15, -0.1) is 0 Å². The first-order valence-electron chi connectivity index (χ1n) is 4.97. The molecule has 1 aromatic carbocycles. The number of esters is 1. The van der Waals surface area contributed by atoms with Gasteiger partial charge in [0.25, 0.3) is 0 Å². The minimum atomic E-state index is -0.709. The molecule has 4 nitrogen and oxygen atoms in total. The molecular weight excluding hydrogens is 223 g/mol. The molecule has 0 aliphatic carbocycles. The second-order valence-corrected chi connectivity index (χ2v) is 3.04. The second kappa shape index (κ2) is 6.28. The number of benzene rings is 1. The molecule has 0 saturated carbocycles. The van der Waals surface area contributed by atoms with Crippen LogP contribution < -0.4 is 5.32 Å². The van der Waals surface area contributed by atoms with E-state index in [1.807, 2.05) is 0 Å². The second-order valence-electron chi connectivity index (χ2n) is 3.04. The Kier molecular flexibility index (Phi) is 4.70. The number of carbonyl (C=O) groups is 1. The Bertz CT molecular complexity index is 478. The van der Waals surface area contributed by atoms with E-state index in [-0.39, 0.29) is 12.2 Å². The van der Waals surface area contributed by atoms with Crippen molar-refractivity contribution in [2.24, 2.45) is 0 Å². The Hall–Kier alpha value is -2.35. The lowest BCUT2D eigenvalue weighted by molar-refractivity contribution is -0.138. The van der Waals surface area contributed by atoms with Crippen LogP contribution in [0.2, 0.25) is 0 Å². The van der Waals surface area contributed by atoms with Crippen LogP contribution in [0.25, 0.3) is 0 Å². The molecule has 1 rings (SSSR count). The van der Waals surface area contributed by atoms with E-state index in [1.54, 1.807) is 19.1 Å². The van der Waals surface area contributed by atoms with Crippen molar-refractivity contribution in [2.45, 2.75) is 6.92 Å². The van der Waals surface area contributed by atoms with Gasteiger partial charge in [-0.2, -0.15) is 5.26 Å². The zero-order valence-corrected chi connectivity index (χ0v) is 9.24. The standard InChI is InChI=1S/C12H11FN2O2/c1-2-17-12(16)9(7-14)8-15-11-5-3-4-10(13)6-11/h3-6,8,15H,2H2,1H3/b9-8+. The van der Waals surface area contributed by atoms with Crippen LogP contribution in [-0.4, -0.2) is 12.6 Å². The van der Waals surface area contributed by atoms with Crippen molar-refractivity contribution in [3.8, 4) is 6.07 Å². The van der Waals surface area contributed by atoms with Crippen LogP contribution in [0.4, 0.5) is 10.1 Å². The molecule has 1 aromatic rings. The summed E-state index contributed by atoms with van der Waals surface area (Å²) < 4.78 is 17.5. The Labute approximate surface area is 98.3 Å². The van der Waals surface area contributed by atoms with Crippen LogP contribution in [-0.2, 0) is 9.53 Å². The molecule has 0 aromatic heterocycles. The first kappa shape index (κ1) is 12.7. The van der Waals surface area contributed by atoms with Crippen molar-refractivity contribution in [1.82, 2.24) is 0 Å². The maximum Gasteiger partial charge on any atom is 0.350 e. The van der Waals surface area contributed by atoms with Crippen LogP contribution in [0.15, 0.2) is 36.0 Å². The van der Waals surface area contributed by atoms with Gasteiger partial charge in [0.1, 0.15) is 11.9 Å². The van der Waals surface area contributed by atoms with E-state index in [0.29, 0.717) is 5.69 Å². The topological polar surface area (TPSA) is 62.1 Å². The van der Waals surface area contributed by atoms with Crippen LogP contribution in [0, 0.1) is 17.1 Å². The average Bonchev–Trinajstić information content (AvgIpc) is 2.30. The number of nitrogens with one attached hydrogen (secondary N) is 1. The van der Waals surface area contributed by atoms with E-state index in [1.165, 1.54) is 24.4 Å². The number of hydrogen-bond acceptors (Lipinski definition) is 4. The summed E-state index contributed by atoms with van der Waals surface area (Å²) >= 11 is 0. The van der Waals surface area contributed by atoms with Gasteiger partial charge in [0.05, 0.1) is 6.61 Å². The summed E-state index contributed by atoms with van der Waals surface area (Å²) in [4.78, 5) is 11.2. The third-order valence-electron chi connectivity index (χ3n) is 1.82. The van der Waals surface area contributed by atoms with Gasteiger partial charge in [0, 0.05) is 11.9 Å². The molecule has 17 heavy (non-hydrogen) atoms. The number of nitrogens with zero attached hydrogens (tertiary/aromatic N) is 1. The molecule has 0 unspecified atom stereocenters. The van der Waals surface area contributed by atoms with Crippen LogP contribution >= 0.6 is 0 Å².